The van der Waals surface area contributed by atoms with Crippen LogP contribution in [-0.2, 0) is 16.5 Å². The molecule has 1 N–H and O–H groups in total. The van der Waals surface area contributed by atoms with Crippen LogP contribution in [0, 0.1) is 0 Å². The summed E-state index contributed by atoms with van der Waals surface area (Å²) in [6.07, 6.45) is 15.5. The first-order chi connectivity index (χ1) is 11.9. The van der Waals surface area contributed by atoms with Gasteiger partial charge in [0.1, 0.15) is 0 Å². The summed E-state index contributed by atoms with van der Waals surface area (Å²) in [7, 11) is -4.32. The Morgan fingerprint density at radius 2 is 1.31 bits per heavy atom. The second-order valence-corrected chi connectivity index (χ2v) is 8.27. The molecule has 0 fully saturated rings. The first-order valence-electron chi connectivity index (χ1n) is 9.72. The van der Waals surface area contributed by atoms with Gasteiger partial charge in [-0.2, -0.15) is 8.42 Å². The Bertz CT molecular complexity index is 587. The molecule has 26 heavy (non-hydrogen) atoms. The number of hydrogen-bond donors (Lipinski definition) is 1. The molecular formula is C20H33KO4S. The molecule has 1 rings (SSSR count). The van der Waals surface area contributed by atoms with E-state index in [1.807, 2.05) is 0 Å². The summed E-state index contributed by atoms with van der Waals surface area (Å²) in [5.74, 6) is -0.397. The molecule has 0 bridgehead atoms. The average Bonchev–Trinajstić information content (AvgIpc) is 2.56. The predicted octanol–water partition coefficient (Wildman–Crippen LogP) is 2.25. The van der Waals surface area contributed by atoms with Gasteiger partial charge in [0.2, 0.25) is 0 Å². The van der Waals surface area contributed by atoms with Crippen molar-refractivity contribution in [3.05, 3.63) is 23.8 Å². The average molecular weight is 409 g/mol. The van der Waals surface area contributed by atoms with E-state index in [2.05, 4.69) is 6.92 Å². The summed E-state index contributed by atoms with van der Waals surface area (Å²) in [5.41, 5.74) is 0.536. The Kier molecular flexibility index (Phi) is 15.8. The quantitative estimate of drug-likeness (QED) is 0.291. The van der Waals surface area contributed by atoms with E-state index in [0.29, 0.717) is 12.0 Å². The van der Waals surface area contributed by atoms with Gasteiger partial charge in [0.05, 0.1) is 4.90 Å². The van der Waals surface area contributed by atoms with Crippen LogP contribution in [0.4, 0.5) is 0 Å². The maximum Gasteiger partial charge on any atom is 1.00 e. The van der Waals surface area contributed by atoms with E-state index < -0.39 is 15.9 Å². The molecule has 0 atom stereocenters. The maximum atomic E-state index is 11.3. The minimum atomic E-state index is -4.32. The summed E-state index contributed by atoms with van der Waals surface area (Å²) in [6, 6.07) is 3.87. The van der Waals surface area contributed by atoms with Gasteiger partial charge >= 0.3 is 51.4 Å². The van der Waals surface area contributed by atoms with Crippen molar-refractivity contribution in [1.29, 1.82) is 0 Å². The van der Waals surface area contributed by atoms with E-state index in [1.54, 1.807) is 0 Å². The van der Waals surface area contributed by atoms with Gasteiger partial charge in [0.25, 0.3) is 10.1 Å². The zero-order chi connectivity index (χ0) is 18.5. The molecule has 1 aromatic carbocycles. The Morgan fingerprint density at radius 1 is 0.846 bits per heavy atom. The molecule has 1 aromatic rings. The largest absolute Gasteiger partial charge is 1.00 e. The molecule has 0 amide bonds. The monoisotopic (exact) mass is 408 g/mol. The van der Waals surface area contributed by atoms with Crippen molar-refractivity contribution in [2.45, 2.75) is 95.3 Å². The molecule has 0 aromatic heterocycles. The van der Waals surface area contributed by atoms with Gasteiger partial charge in [-0.15, -0.1) is 5.75 Å². The van der Waals surface area contributed by atoms with Crippen LogP contribution >= 0.6 is 0 Å². The van der Waals surface area contributed by atoms with E-state index in [0.717, 1.165) is 25.3 Å². The van der Waals surface area contributed by atoms with Gasteiger partial charge in [0.15, 0.2) is 0 Å². The van der Waals surface area contributed by atoms with Crippen molar-refractivity contribution in [1.82, 2.24) is 0 Å². The summed E-state index contributed by atoms with van der Waals surface area (Å²) in [6.45, 7) is 2.24. The Morgan fingerprint density at radius 3 is 1.77 bits per heavy atom. The summed E-state index contributed by atoms with van der Waals surface area (Å²) < 4.78 is 31.9. The number of rotatable bonds is 14. The van der Waals surface area contributed by atoms with Gasteiger partial charge in [-0.25, -0.2) is 0 Å². The molecule has 4 nitrogen and oxygen atoms in total. The standard InChI is InChI=1S/C20H34O4S.K/c1-2-3-4-5-6-7-8-9-10-11-12-13-14-18-15-16-19(21)17-20(18)25(22,23)24;/h15-17,21H,2-14H2,1H3,(H,22,23,24);/q;+1/p-1. The van der Waals surface area contributed by atoms with Gasteiger partial charge in [-0.05, 0) is 24.5 Å². The van der Waals surface area contributed by atoms with Gasteiger partial charge < -0.3 is 5.11 Å². The molecule has 0 saturated carbocycles. The Hall–Kier alpha value is 0.566. The molecule has 0 saturated heterocycles. The smallest absolute Gasteiger partial charge is 0.872 e. The third kappa shape index (κ3) is 12.1. The van der Waals surface area contributed by atoms with E-state index in [-0.39, 0.29) is 56.3 Å². The summed E-state index contributed by atoms with van der Waals surface area (Å²) in [5, 5.41) is 11.3. The second-order valence-electron chi connectivity index (χ2n) is 6.88. The number of benzene rings is 1. The molecule has 0 radical (unpaired) electrons. The van der Waals surface area contributed by atoms with E-state index in [1.165, 1.54) is 69.9 Å². The molecule has 0 heterocycles. The third-order valence-corrected chi connectivity index (χ3v) is 5.55. The van der Waals surface area contributed by atoms with Crippen LogP contribution in [0.1, 0.15) is 89.5 Å². The van der Waals surface area contributed by atoms with E-state index in [4.69, 9.17) is 0 Å². The van der Waals surface area contributed by atoms with Crippen LogP contribution in [0.15, 0.2) is 23.1 Å². The molecule has 144 valence electrons. The van der Waals surface area contributed by atoms with Crippen molar-refractivity contribution >= 4 is 10.1 Å². The van der Waals surface area contributed by atoms with Gasteiger partial charge in [-0.1, -0.05) is 89.7 Å². The van der Waals surface area contributed by atoms with Crippen LogP contribution < -0.4 is 56.5 Å². The minimum absolute atomic E-state index is 0. The zero-order valence-corrected chi connectivity index (χ0v) is 20.4. The molecule has 0 aliphatic carbocycles. The fraction of sp³-hybridized carbons (Fsp3) is 0.700. The Labute approximate surface area is 202 Å². The van der Waals surface area contributed by atoms with Crippen LogP contribution in [0.3, 0.4) is 0 Å². The van der Waals surface area contributed by atoms with Crippen molar-refractivity contribution in [3.63, 3.8) is 0 Å². The second kappa shape index (κ2) is 15.5. The van der Waals surface area contributed by atoms with E-state index >= 15 is 0 Å². The number of hydrogen-bond acceptors (Lipinski definition) is 3. The molecular weight excluding hydrogens is 375 g/mol. The van der Waals surface area contributed by atoms with Crippen LogP contribution in [0.5, 0.6) is 5.75 Å². The van der Waals surface area contributed by atoms with Crippen molar-refractivity contribution < 1.29 is 69.5 Å². The number of unbranched alkanes of at least 4 members (excludes halogenated alkanes) is 11. The van der Waals surface area contributed by atoms with Crippen molar-refractivity contribution in [2.75, 3.05) is 0 Å². The normalized spacial score (nSPS) is 11.3. The fourth-order valence-corrected chi connectivity index (χ4v) is 3.90. The number of aryl methyl sites for hydroxylation is 1. The molecule has 0 aliphatic rings. The van der Waals surface area contributed by atoms with Gasteiger partial charge in [0, 0.05) is 0 Å². The first-order valence-corrected chi connectivity index (χ1v) is 11.2. The molecule has 6 heteroatoms. The SMILES string of the molecule is CCCCCCCCCCCCCCc1ccc([O-])cc1S(=O)(=O)O.[K+]. The third-order valence-electron chi connectivity index (χ3n) is 4.62. The fourth-order valence-electron chi connectivity index (χ4n) is 3.14. The predicted molar refractivity (Wildman–Crippen MR) is 100 cm³/mol. The maximum absolute atomic E-state index is 11.3. The van der Waals surface area contributed by atoms with E-state index in [9.17, 15) is 18.1 Å². The van der Waals surface area contributed by atoms with Crippen LogP contribution in [0.2, 0.25) is 0 Å². The zero-order valence-electron chi connectivity index (χ0n) is 16.5. The topological polar surface area (TPSA) is 77.4 Å². The molecule has 0 aliphatic heterocycles. The van der Waals surface area contributed by atoms with Crippen molar-refractivity contribution in [2.24, 2.45) is 0 Å². The molecule has 0 unspecified atom stereocenters. The summed E-state index contributed by atoms with van der Waals surface area (Å²) >= 11 is 0. The van der Waals surface area contributed by atoms with Crippen molar-refractivity contribution in [3.8, 4) is 5.75 Å². The molecule has 0 spiro atoms. The first kappa shape index (κ1) is 26.6. The van der Waals surface area contributed by atoms with Crippen LogP contribution in [-0.4, -0.2) is 13.0 Å². The van der Waals surface area contributed by atoms with Gasteiger partial charge in [-0.3, -0.25) is 4.55 Å². The Balaban J connectivity index is 0.00000625. The van der Waals surface area contributed by atoms with Crippen LogP contribution in [0.25, 0.3) is 0 Å². The summed E-state index contributed by atoms with van der Waals surface area (Å²) in [4.78, 5) is -0.233. The minimum Gasteiger partial charge on any atom is -0.872 e.